The van der Waals surface area contributed by atoms with Crippen molar-refractivity contribution >= 4 is 5.71 Å². The fourth-order valence-electron chi connectivity index (χ4n) is 2.71. The Morgan fingerprint density at radius 2 is 1.90 bits per heavy atom. The van der Waals surface area contributed by atoms with E-state index in [9.17, 15) is 0 Å². The van der Waals surface area contributed by atoms with E-state index in [4.69, 9.17) is 9.94 Å². The van der Waals surface area contributed by atoms with Crippen molar-refractivity contribution in [1.82, 2.24) is 0 Å². The number of unbranched alkanes of at least 4 members (excludes halogenated alkanes) is 5. The van der Waals surface area contributed by atoms with E-state index in [2.05, 4.69) is 18.1 Å². The highest BCUT2D eigenvalue weighted by Crippen LogP contribution is 2.26. The molecule has 3 heteroatoms. The standard InChI is InChI=1S/C17H25NO2/c1-2-3-4-5-6-7-12-20-15-9-10-16-14(13-15)8-11-17(16)18-19/h9-10,13,19H,2-8,11-12H2,1H3/b18-17+. The Hall–Kier alpha value is -1.51. The topological polar surface area (TPSA) is 41.8 Å². The van der Waals surface area contributed by atoms with Crippen molar-refractivity contribution in [2.45, 2.75) is 58.3 Å². The summed E-state index contributed by atoms with van der Waals surface area (Å²) >= 11 is 0. The molecule has 0 saturated carbocycles. The van der Waals surface area contributed by atoms with E-state index < -0.39 is 0 Å². The molecule has 0 fully saturated rings. The van der Waals surface area contributed by atoms with Gasteiger partial charge in [-0.3, -0.25) is 0 Å². The molecule has 0 unspecified atom stereocenters. The lowest BCUT2D eigenvalue weighted by atomic mass is 10.1. The second kappa shape index (κ2) is 7.93. The van der Waals surface area contributed by atoms with Gasteiger partial charge in [0.15, 0.2) is 0 Å². The molecule has 1 aromatic carbocycles. The summed E-state index contributed by atoms with van der Waals surface area (Å²) < 4.78 is 5.80. The van der Waals surface area contributed by atoms with Crippen LogP contribution in [-0.2, 0) is 6.42 Å². The zero-order valence-corrected chi connectivity index (χ0v) is 12.4. The van der Waals surface area contributed by atoms with E-state index >= 15 is 0 Å². The molecule has 110 valence electrons. The molecule has 2 rings (SSSR count). The zero-order chi connectivity index (χ0) is 14.2. The third kappa shape index (κ3) is 3.99. The van der Waals surface area contributed by atoms with Crippen LogP contribution in [0.25, 0.3) is 0 Å². The average Bonchev–Trinajstić information content (AvgIpc) is 2.88. The lowest BCUT2D eigenvalue weighted by molar-refractivity contribution is 0.304. The first kappa shape index (κ1) is 14.9. The summed E-state index contributed by atoms with van der Waals surface area (Å²) in [5, 5.41) is 12.2. The highest BCUT2D eigenvalue weighted by Gasteiger charge is 2.18. The van der Waals surface area contributed by atoms with Gasteiger partial charge in [0.25, 0.3) is 0 Å². The number of hydrogen-bond acceptors (Lipinski definition) is 3. The SMILES string of the molecule is CCCCCCCCOc1ccc2c(c1)CC/C2=N\O. The highest BCUT2D eigenvalue weighted by molar-refractivity contribution is 6.04. The van der Waals surface area contributed by atoms with Gasteiger partial charge < -0.3 is 9.94 Å². The van der Waals surface area contributed by atoms with Crippen molar-refractivity contribution in [2.75, 3.05) is 6.61 Å². The molecule has 1 aromatic rings. The van der Waals surface area contributed by atoms with Crippen LogP contribution in [0.5, 0.6) is 5.75 Å². The Morgan fingerprint density at radius 1 is 1.10 bits per heavy atom. The van der Waals surface area contributed by atoms with Gasteiger partial charge in [0.05, 0.1) is 12.3 Å². The summed E-state index contributed by atoms with van der Waals surface area (Å²) in [6.07, 6.45) is 9.47. The van der Waals surface area contributed by atoms with Crippen molar-refractivity contribution in [3.63, 3.8) is 0 Å². The van der Waals surface area contributed by atoms with Crippen molar-refractivity contribution in [1.29, 1.82) is 0 Å². The van der Waals surface area contributed by atoms with Gasteiger partial charge in [0.1, 0.15) is 5.75 Å². The molecule has 0 aromatic heterocycles. The van der Waals surface area contributed by atoms with Crippen LogP contribution in [0.3, 0.4) is 0 Å². The number of oxime groups is 1. The lowest BCUT2D eigenvalue weighted by Gasteiger charge is -2.08. The third-order valence-corrected chi connectivity index (χ3v) is 3.91. The van der Waals surface area contributed by atoms with Gasteiger partial charge in [-0.15, -0.1) is 0 Å². The van der Waals surface area contributed by atoms with Gasteiger partial charge in [0.2, 0.25) is 0 Å². The Bertz CT molecular complexity index is 454. The summed E-state index contributed by atoms with van der Waals surface area (Å²) in [7, 11) is 0. The smallest absolute Gasteiger partial charge is 0.119 e. The molecular formula is C17H25NO2. The van der Waals surface area contributed by atoms with Crippen molar-refractivity contribution in [2.24, 2.45) is 5.16 Å². The number of fused-ring (bicyclic) bond motifs is 1. The minimum Gasteiger partial charge on any atom is -0.494 e. The summed E-state index contributed by atoms with van der Waals surface area (Å²) in [4.78, 5) is 0. The van der Waals surface area contributed by atoms with Crippen LogP contribution in [0, 0.1) is 0 Å². The summed E-state index contributed by atoms with van der Waals surface area (Å²) in [6, 6.07) is 6.07. The van der Waals surface area contributed by atoms with Crippen LogP contribution < -0.4 is 4.74 Å². The van der Waals surface area contributed by atoms with E-state index in [-0.39, 0.29) is 0 Å². The summed E-state index contributed by atoms with van der Waals surface area (Å²) in [5.41, 5.74) is 3.10. The quantitative estimate of drug-likeness (QED) is 0.429. The van der Waals surface area contributed by atoms with Gasteiger partial charge >= 0.3 is 0 Å². The first-order valence-corrected chi connectivity index (χ1v) is 7.82. The molecular weight excluding hydrogens is 250 g/mol. The molecule has 0 saturated heterocycles. The Kier molecular flexibility index (Phi) is 5.90. The summed E-state index contributed by atoms with van der Waals surface area (Å²) in [6.45, 7) is 3.04. The van der Waals surface area contributed by atoms with Gasteiger partial charge in [-0.1, -0.05) is 44.2 Å². The Balaban J connectivity index is 1.72. The first-order valence-electron chi connectivity index (χ1n) is 7.82. The Labute approximate surface area is 121 Å². The van der Waals surface area contributed by atoms with Crippen molar-refractivity contribution < 1.29 is 9.94 Å². The number of rotatable bonds is 8. The second-order valence-electron chi connectivity index (χ2n) is 5.48. The molecule has 3 nitrogen and oxygen atoms in total. The normalized spacial score (nSPS) is 15.6. The van der Waals surface area contributed by atoms with E-state index in [1.165, 1.54) is 37.7 Å². The molecule has 0 spiro atoms. The monoisotopic (exact) mass is 275 g/mol. The molecule has 1 aliphatic rings. The fraction of sp³-hybridized carbons (Fsp3) is 0.588. The second-order valence-corrected chi connectivity index (χ2v) is 5.48. The number of benzene rings is 1. The molecule has 0 radical (unpaired) electrons. The molecule has 0 bridgehead atoms. The van der Waals surface area contributed by atoms with Crippen molar-refractivity contribution in [3.05, 3.63) is 29.3 Å². The van der Waals surface area contributed by atoms with E-state index in [0.717, 1.165) is 42.9 Å². The van der Waals surface area contributed by atoms with Gasteiger partial charge in [-0.25, -0.2) is 0 Å². The number of aryl methyl sites for hydroxylation is 1. The highest BCUT2D eigenvalue weighted by atomic mass is 16.5. The average molecular weight is 275 g/mol. The van der Waals surface area contributed by atoms with Crippen LogP contribution in [0.1, 0.15) is 63.0 Å². The maximum absolute atomic E-state index is 8.90. The maximum atomic E-state index is 8.90. The van der Waals surface area contributed by atoms with E-state index in [1.807, 2.05) is 12.1 Å². The minimum atomic E-state index is 0.794. The first-order chi connectivity index (χ1) is 9.85. The molecule has 1 aliphatic carbocycles. The largest absolute Gasteiger partial charge is 0.494 e. The Morgan fingerprint density at radius 3 is 2.70 bits per heavy atom. The number of hydrogen-bond donors (Lipinski definition) is 1. The van der Waals surface area contributed by atoms with Crippen LogP contribution in [-0.4, -0.2) is 17.5 Å². The molecule has 0 atom stereocenters. The molecule has 0 aliphatic heterocycles. The predicted octanol–water partition coefficient (Wildman–Crippen LogP) is 4.55. The van der Waals surface area contributed by atoms with Crippen LogP contribution in [0.15, 0.2) is 23.4 Å². The summed E-state index contributed by atoms with van der Waals surface area (Å²) in [5.74, 6) is 0.941. The van der Waals surface area contributed by atoms with Gasteiger partial charge in [-0.2, -0.15) is 0 Å². The lowest BCUT2D eigenvalue weighted by Crippen LogP contribution is -1.99. The number of nitrogens with zero attached hydrogens (tertiary/aromatic N) is 1. The van der Waals surface area contributed by atoms with Crippen LogP contribution >= 0.6 is 0 Å². The third-order valence-electron chi connectivity index (χ3n) is 3.91. The van der Waals surface area contributed by atoms with E-state index in [0.29, 0.717) is 0 Å². The van der Waals surface area contributed by atoms with Gasteiger partial charge in [-0.05, 0) is 43.0 Å². The zero-order valence-electron chi connectivity index (χ0n) is 12.4. The van der Waals surface area contributed by atoms with Crippen molar-refractivity contribution in [3.8, 4) is 5.75 Å². The molecule has 1 N–H and O–H groups in total. The van der Waals surface area contributed by atoms with E-state index in [1.54, 1.807) is 0 Å². The molecule has 0 amide bonds. The van der Waals surface area contributed by atoms with Crippen LogP contribution in [0.4, 0.5) is 0 Å². The molecule has 20 heavy (non-hydrogen) atoms. The minimum absolute atomic E-state index is 0.794. The number of ether oxygens (including phenoxy) is 1. The maximum Gasteiger partial charge on any atom is 0.119 e. The predicted molar refractivity (Wildman–Crippen MR) is 82.0 cm³/mol. The molecule has 0 heterocycles. The fourth-order valence-corrected chi connectivity index (χ4v) is 2.71. The van der Waals surface area contributed by atoms with Gasteiger partial charge in [0, 0.05) is 5.56 Å². The van der Waals surface area contributed by atoms with Crippen LogP contribution in [0.2, 0.25) is 0 Å².